The van der Waals surface area contributed by atoms with Crippen molar-refractivity contribution in [3.05, 3.63) is 53.9 Å². The van der Waals surface area contributed by atoms with Crippen LogP contribution in [0.3, 0.4) is 0 Å². The van der Waals surface area contributed by atoms with Crippen molar-refractivity contribution in [3.8, 4) is 11.5 Å². The highest BCUT2D eigenvalue weighted by Crippen LogP contribution is 2.39. The van der Waals surface area contributed by atoms with Gasteiger partial charge >= 0.3 is 0 Å². The number of hydrogen-bond donors (Lipinski definition) is 2. The number of amides is 2. The molecule has 0 spiro atoms. The Kier molecular flexibility index (Phi) is 5.28. The van der Waals surface area contributed by atoms with Crippen LogP contribution in [0.15, 0.2) is 42.6 Å². The van der Waals surface area contributed by atoms with E-state index < -0.39 is 0 Å². The Hall–Kier alpha value is -3.68. The molecule has 2 amide bonds. The van der Waals surface area contributed by atoms with Crippen LogP contribution in [-0.4, -0.2) is 41.0 Å². The minimum absolute atomic E-state index is 0.0335. The standard InChI is InChI=1S/C26H26N4O4/c31-24-14-34-22-10-9-21(29-25(22)30-24)26(32)28-17-7-5-15(6-8-17)16-11-19-18-3-1-2-4-20(18)27-12-23(19)33-13-16/h1-4,9-10,12,15-17H,5-8,11,13-14H2,(H,28,32)(H,29,30,31). The monoisotopic (exact) mass is 458 g/mol. The van der Waals surface area contributed by atoms with Crippen molar-refractivity contribution in [3.63, 3.8) is 0 Å². The second kappa shape index (κ2) is 8.59. The van der Waals surface area contributed by atoms with Crippen molar-refractivity contribution in [2.45, 2.75) is 38.1 Å². The third kappa shape index (κ3) is 3.93. The molecule has 1 unspecified atom stereocenters. The SMILES string of the molecule is O=C1COc2ccc(C(=O)NC3CCC(C4COc5cnc6ccccc6c5C4)CC3)nc2N1. The van der Waals surface area contributed by atoms with Crippen molar-refractivity contribution in [2.24, 2.45) is 11.8 Å². The number of pyridine rings is 2. The van der Waals surface area contributed by atoms with Crippen LogP contribution in [0.4, 0.5) is 5.82 Å². The number of anilines is 1. The smallest absolute Gasteiger partial charge is 0.270 e. The summed E-state index contributed by atoms with van der Waals surface area (Å²) in [5.41, 5.74) is 2.56. The van der Waals surface area contributed by atoms with Gasteiger partial charge in [0, 0.05) is 22.9 Å². The van der Waals surface area contributed by atoms with Crippen molar-refractivity contribution in [2.75, 3.05) is 18.5 Å². The van der Waals surface area contributed by atoms with E-state index in [-0.39, 0.29) is 30.2 Å². The van der Waals surface area contributed by atoms with E-state index in [0.29, 0.717) is 23.4 Å². The van der Waals surface area contributed by atoms with Crippen molar-refractivity contribution in [1.82, 2.24) is 15.3 Å². The molecule has 1 fully saturated rings. The van der Waals surface area contributed by atoms with Crippen LogP contribution in [0.2, 0.25) is 0 Å². The van der Waals surface area contributed by atoms with Gasteiger partial charge in [-0.1, -0.05) is 18.2 Å². The molecule has 8 heteroatoms. The summed E-state index contributed by atoms with van der Waals surface area (Å²) in [5.74, 6) is 2.25. The van der Waals surface area contributed by atoms with Crippen LogP contribution >= 0.6 is 0 Å². The molecule has 2 N–H and O–H groups in total. The lowest BCUT2D eigenvalue weighted by Gasteiger charge is -2.36. The molecule has 2 aliphatic heterocycles. The third-order valence-electron chi connectivity index (χ3n) is 7.25. The summed E-state index contributed by atoms with van der Waals surface area (Å²) in [4.78, 5) is 33.1. The van der Waals surface area contributed by atoms with Gasteiger partial charge in [-0.2, -0.15) is 0 Å². The predicted molar refractivity (Wildman–Crippen MR) is 126 cm³/mol. The van der Waals surface area contributed by atoms with Crippen LogP contribution < -0.4 is 20.1 Å². The van der Waals surface area contributed by atoms with Gasteiger partial charge < -0.3 is 20.1 Å². The summed E-state index contributed by atoms with van der Waals surface area (Å²) in [6, 6.07) is 11.7. The van der Waals surface area contributed by atoms with E-state index in [1.807, 2.05) is 18.3 Å². The molecule has 0 radical (unpaired) electrons. The second-order valence-electron chi connectivity index (χ2n) is 9.36. The van der Waals surface area contributed by atoms with Gasteiger partial charge in [-0.3, -0.25) is 14.6 Å². The Bertz CT molecular complexity index is 1270. The fourth-order valence-electron chi connectivity index (χ4n) is 5.42. The molecule has 1 aliphatic carbocycles. The Morgan fingerprint density at radius 1 is 1.00 bits per heavy atom. The summed E-state index contributed by atoms with van der Waals surface area (Å²) in [6.45, 7) is 0.690. The molecule has 1 aromatic carbocycles. The Balaban J connectivity index is 1.07. The third-order valence-corrected chi connectivity index (χ3v) is 7.25. The number of fused-ring (bicyclic) bond motifs is 4. The Labute approximate surface area is 197 Å². The maximum atomic E-state index is 12.8. The first-order chi connectivity index (χ1) is 16.6. The first kappa shape index (κ1) is 20.9. The van der Waals surface area contributed by atoms with Crippen LogP contribution in [0, 0.1) is 11.8 Å². The highest BCUT2D eigenvalue weighted by Gasteiger charge is 2.32. The second-order valence-corrected chi connectivity index (χ2v) is 9.36. The predicted octanol–water partition coefficient (Wildman–Crippen LogP) is 3.50. The van der Waals surface area contributed by atoms with Crippen molar-refractivity contribution in [1.29, 1.82) is 0 Å². The average molecular weight is 459 g/mol. The fraction of sp³-hybridized carbons (Fsp3) is 0.385. The lowest BCUT2D eigenvalue weighted by Crippen LogP contribution is -2.40. The highest BCUT2D eigenvalue weighted by molar-refractivity contribution is 5.97. The number of aromatic nitrogens is 2. The molecule has 34 heavy (non-hydrogen) atoms. The van der Waals surface area contributed by atoms with Crippen LogP contribution in [0.1, 0.15) is 41.7 Å². The summed E-state index contributed by atoms with van der Waals surface area (Å²) >= 11 is 0. The molecule has 3 aromatic rings. The lowest BCUT2D eigenvalue weighted by atomic mass is 9.75. The van der Waals surface area contributed by atoms with E-state index in [1.54, 1.807) is 12.1 Å². The highest BCUT2D eigenvalue weighted by atomic mass is 16.5. The first-order valence-corrected chi connectivity index (χ1v) is 11.9. The van der Waals surface area contributed by atoms with E-state index >= 15 is 0 Å². The molecule has 1 saturated carbocycles. The molecule has 0 saturated heterocycles. The van der Waals surface area contributed by atoms with Gasteiger partial charge in [0.2, 0.25) is 0 Å². The molecule has 6 rings (SSSR count). The molecule has 174 valence electrons. The Morgan fingerprint density at radius 3 is 2.74 bits per heavy atom. The van der Waals surface area contributed by atoms with Gasteiger partial charge in [-0.15, -0.1) is 0 Å². The lowest BCUT2D eigenvalue weighted by molar-refractivity contribution is -0.118. The number of rotatable bonds is 3. The van der Waals surface area contributed by atoms with Crippen molar-refractivity contribution >= 4 is 28.5 Å². The molecule has 3 aliphatic rings. The van der Waals surface area contributed by atoms with E-state index in [2.05, 4.69) is 32.7 Å². The number of benzene rings is 1. The van der Waals surface area contributed by atoms with Crippen LogP contribution in [0.25, 0.3) is 10.9 Å². The fourth-order valence-corrected chi connectivity index (χ4v) is 5.42. The molecule has 4 heterocycles. The van der Waals surface area contributed by atoms with Gasteiger partial charge in [-0.25, -0.2) is 4.98 Å². The molecule has 2 aromatic heterocycles. The van der Waals surface area contributed by atoms with Crippen LogP contribution in [0.5, 0.6) is 11.5 Å². The zero-order chi connectivity index (χ0) is 23.1. The largest absolute Gasteiger partial charge is 0.491 e. The summed E-state index contributed by atoms with van der Waals surface area (Å²) in [6.07, 6.45) is 6.83. The van der Waals surface area contributed by atoms with Gasteiger partial charge in [0.1, 0.15) is 11.4 Å². The first-order valence-electron chi connectivity index (χ1n) is 11.9. The molecular weight excluding hydrogens is 432 g/mol. The van der Waals surface area contributed by atoms with E-state index in [1.165, 1.54) is 10.9 Å². The summed E-state index contributed by atoms with van der Waals surface area (Å²) < 4.78 is 11.4. The number of carbonyl (C=O) groups excluding carboxylic acids is 2. The quantitative estimate of drug-likeness (QED) is 0.623. The number of nitrogens with zero attached hydrogens (tertiary/aromatic N) is 2. The van der Waals surface area contributed by atoms with Gasteiger partial charge in [0.05, 0.1) is 18.3 Å². The summed E-state index contributed by atoms with van der Waals surface area (Å²) in [5, 5.41) is 6.96. The maximum Gasteiger partial charge on any atom is 0.270 e. The normalized spacial score (nSPS) is 23.6. The van der Waals surface area contributed by atoms with Gasteiger partial charge in [0.25, 0.3) is 11.8 Å². The van der Waals surface area contributed by atoms with Crippen LogP contribution in [-0.2, 0) is 11.2 Å². The number of nitrogens with one attached hydrogen (secondary N) is 2. The molecule has 8 nitrogen and oxygen atoms in total. The van der Waals surface area contributed by atoms with E-state index in [4.69, 9.17) is 9.47 Å². The van der Waals surface area contributed by atoms with Crippen molar-refractivity contribution < 1.29 is 19.1 Å². The number of hydrogen-bond acceptors (Lipinski definition) is 6. The minimum atomic E-state index is -0.269. The number of carbonyl (C=O) groups is 2. The van der Waals surface area contributed by atoms with Gasteiger partial charge in [-0.05, 0) is 56.2 Å². The molecule has 0 bridgehead atoms. The topological polar surface area (TPSA) is 102 Å². The summed E-state index contributed by atoms with van der Waals surface area (Å²) in [7, 11) is 0. The Morgan fingerprint density at radius 2 is 1.85 bits per heavy atom. The molecule has 1 atom stereocenters. The van der Waals surface area contributed by atoms with E-state index in [0.717, 1.165) is 50.0 Å². The molecular formula is C26H26N4O4. The van der Waals surface area contributed by atoms with E-state index in [9.17, 15) is 9.59 Å². The van der Waals surface area contributed by atoms with Gasteiger partial charge in [0.15, 0.2) is 18.2 Å². The zero-order valence-electron chi connectivity index (χ0n) is 18.8. The minimum Gasteiger partial charge on any atom is -0.491 e. The maximum absolute atomic E-state index is 12.8. The zero-order valence-corrected chi connectivity index (χ0v) is 18.8. The average Bonchev–Trinajstić information content (AvgIpc) is 2.88. The number of para-hydroxylation sites is 1. The number of ether oxygens (including phenoxy) is 2.